The van der Waals surface area contributed by atoms with Crippen molar-refractivity contribution >= 4 is 6.03 Å². The molecule has 0 fully saturated rings. The van der Waals surface area contributed by atoms with Crippen molar-refractivity contribution in [1.82, 2.24) is 25.4 Å². The highest BCUT2D eigenvalue weighted by atomic mass is 16.3. The van der Waals surface area contributed by atoms with Crippen molar-refractivity contribution in [3.8, 4) is 0 Å². The second-order valence-corrected chi connectivity index (χ2v) is 4.73. The van der Waals surface area contributed by atoms with Crippen LogP contribution in [0.25, 0.3) is 0 Å². The number of aliphatic hydroxyl groups is 1. The van der Waals surface area contributed by atoms with Crippen LogP contribution in [-0.2, 0) is 6.54 Å². The minimum absolute atomic E-state index is 0.216. The molecular weight excluding hydrogens is 270 g/mol. The van der Waals surface area contributed by atoms with Crippen LogP contribution in [0.1, 0.15) is 23.9 Å². The fourth-order valence-electron chi connectivity index (χ4n) is 1.87. The molecule has 1 aromatic carbocycles. The molecule has 1 atom stereocenters. The Labute approximate surface area is 123 Å². The van der Waals surface area contributed by atoms with Gasteiger partial charge in [0.25, 0.3) is 0 Å². The van der Waals surface area contributed by atoms with Crippen LogP contribution in [0.5, 0.6) is 0 Å². The summed E-state index contributed by atoms with van der Waals surface area (Å²) in [7, 11) is 1.69. The van der Waals surface area contributed by atoms with Crippen LogP contribution in [0.3, 0.4) is 0 Å². The van der Waals surface area contributed by atoms with Gasteiger partial charge < -0.3 is 15.3 Å². The molecule has 2 aromatic rings. The number of hydrogen-bond donors (Lipinski definition) is 3. The van der Waals surface area contributed by atoms with Gasteiger partial charge in [-0.3, -0.25) is 5.10 Å². The largest absolute Gasteiger partial charge is 0.388 e. The van der Waals surface area contributed by atoms with Crippen LogP contribution < -0.4 is 5.32 Å². The molecule has 0 aliphatic carbocycles. The maximum atomic E-state index is 11.9. The molecule has 0 spiro atoms. The molecule has 2 amide bonds. The van der Waals surface area contributed by atoms with Crippen molar-refractivity contribution in [1.29, 1.82) is 0 Å². The van der Waals surface area contributed by atoms with Crippen LogP contribution in [0.4, 0.5) is 4.79 Å². The zero-order chi connectivity index (χ0) is 15.1. The predicted molar refractivity (Wildman–Crippen MR) is 77.3 cm³/mol. The average Bonchev–Trinajstić information content (AvgIpc) is 3.04. The summed E-state index contributed by atoms with van der Waals surface area (Å²) in [5.41, 5.74) is 0.855. The molecule has 0 bridgehead atoms. The van der Waals surface area contributed by atoms with E-state index in [1.54, 1.807) is 7.05 Å². The average molecular weight is 289 g/mol. The van der Waals surface area contributed by atoms with Crippen molar-refractivity contribution in [2.45, 2.75) is 19.1 Å². The molecule has 0 aliphatic heterocycles. The number of aromatic nitrogens is 3. The maximum Gasteiger partial charge on any atom is 0.317 e. The van der Waals surface area contributed by atoms with E-state index in [1.165, 1.54) is 11.2 Å². The molecule has 0 radical (unpaired) electrons. The van der Waals surface area contributed by atoms with E-state index in [-0.39, 0.29) is 6.03 Å². The first-order valence-corrected chi connectivity index (χ1v) is 6.73. The van der Waals surface area contributed by atoms with E-state index >= 15 is 0 Å². The van der Waals surface area contributed by atoms with E-state index in [9.17, 15) is 9.90 Å². The normalized spacial score (nSPS) is 11.9. The van der Waals surface area contributed by atoms with E-state index in [1.807, 2.05) is 30.3 Å². The molecule has 1 heterocycles. The number of benzene rings is 1. The fourth-order valence-corrected chi connectivity index (χ4v) is 1.87. The molecule has 0 aliphatic rings. The van der Waals surface area contributed by atoms with Gasteiger partial charge in [-0.25, -0.2) is 9.78 Å². The zero-order valence-corrected chi connectivity index (χ0v) is 11.9. The van der Waals surface area contributed by atoms with Crippen molar-refractivity contribution in [2.24, 2.45) is 0 Å². The van der Waals surface area contributed by atoms with Crippen molar-refractivity contribution in [2.75, 3.05) is 13.6 Å². The maximum absolute atomic E-state index is 11.9. The third-order valence-corrected chi connectivity index (χ3v) is 3.14. The zero-order valence-electron chi connectivity index (χ0n) is 11.9. The van der Waals surface area contributed by atoms with Gasteiger partial charge in [0.1, 0.15) is 12.2 Å². The van der Waals surface area contributed by atoms with Crippen molar-refractivity contribution in [3.05, 3.63) is 48.0 Å². The van der Waals surface area contributed by atoms with E-state index < -0.39 is 6.10 Å². The van der Waals surface area contributed by atoms with Gasteiger partial charge in [0, 0.05) is 13.6 Å². The molecule has 21 heavy (non-hydrogen) atoms. The lowest BCUT2D eigenvalue weighted by Crippen LogP contribution is -2.38. The third kappa shape index (κ3) is 4.57. The Hall–Kier alpha value is -2.41. The minimum atomic E-state index is -0.573. The molecule has 112 valence electrons. The molecule has 1 unspecified atom stereocenters. The first kappa shape index (κ1) is 15.0. The fraction of sp³-hybridized carbons (Fsp3) is 0.357. The predicted octanol–water partition coefficient (Wildman–Crippen LogP) is 1.07. The van der Waals surface area contributed by atoms with Gasteiger partial charge in [0.05, 0.1) is 12.6 Å². The lowest BCUT2D eigenvalue weighted by atomic mass is 10.1. The first-order chi connectivity index (χ1) is 10.2. The molecule has 3 N–H and O–H groups in total. The van der Waals surface area contributed by atoms with Gasteiger partial charge in [-0.15, -0.1) is 0 Å². The molecule has 1 aromatic heterocycles. The number of H-pyrrole nitrogens is 1. The van der Waals surface area contributed by atoms with Crippen LogP contribution in [0.2, 0.25) is 0 Å². The molecule has 0 saturated carbocycles. The summed E-state index contributed by atoms with van der Waals surface area (Å²) < 4.78 is 0. The van der Waals surface area contributed by atoms with Gasteiger partial charge in [0.2, 0.25) is 0 Å². The Morgan fingerprint density at radius 1 is 1.43 bits per heavy atom. The number of aromatic amines is 1. The monoisotopic (exact) mass is 289 g/mol. The third-order valence-electron chi connectivity index (χ3n) is 3.14. The van der Waals surface area contributed by atoms with Gasteiger partial charge in [-0.2, -0.15) is 5.10 Å². The Morgan fingerprint density at radius 2 is 2.19 bits per heavy atom. The summed E-state index contributed by atoms with van der Waals surface area (Å²) in [4.78, 5) is 17.3. The number of carbonyl (C=O) groups excluding carboxylic acids is 1. The number of nitrogens with zero attached hydrogens (tertiary/aromatic N) is 3. The molecule has 0 saturated heterocycles. The lowest BCUT2D eigenvalue weighted by Gasteiger charge is -2.19. The molecule has 2 rings (SSSR count). The summed E-state index contributed by atoms with van der Waals surface area (Å²) in [6.45, 7) is 0.753. The Morgan fingerprint density at radius 3 is 2.86 bits per heavy atom. The number of rotatable bonds is 6. The van der Waals surface area contributed by atoms with Crippen LogP contribution in [-0.4, -0.2) is 44.8 Å². The highest BCUT2D eigenvalue weighted by Crippen LogP contribution is 2.15. The minimum Gasteiger partial charge on any atom is -0.388 e. The van der Waals surface area contributed by atoms with E-state index in [2.05, 4.69) is 20.5 Å². The quantitative estimate of drug-likeness (QED) is 0.741. The summed E-state index contributed by atoms with van der Waals surface area (Å²) in [6.07, 6.45) is 1.30. The van der Waals surface area contributed by atoms with E-state index in [4.69, 9.17) is 0 Å². The number of carbonyl (C=O) groups is 1. The molecule has 7 nitrogen and oxygen atoms in total. The second kappa shape index (κ2) is 7.39. The lowest BCUT2D eigenvalue weighted by molar-refractivity contribution is 0.150. The number of urea groups is 1. The van der Waals surface area contributed by atoms with Gasteiger partial charge in [-0.05, 0) is 12.0 Å². The summed E-state index contributed by atoms with van der Waals surface area (Å²) in [5.74, 6) is 0.598. The van der Waals surface area contributed by atoms with E-state index in [0.29, 0.717) is 25.3 Å². The van der Waals surface area contributed by atoms with Crippen molar-refractivity contribution < 1.29 is 9.90 Å². The molecular formula is C14H19N5O2. The van der Waals surface area contributed by atoms with Gasteiger partial charge in [0.15, 0.2) is 0 Å². The molecule has 7 heteroatoms. The second-order valence-electron chi connectivity index (χ2n) is 4.73. The van der Waals surface area contributed by atoms with Crippen molar-refractivity contribution in [3.63, 3.8) is 0 Å². The highest BCUT2D eigenvalue weighted by molar-refractivity contribution is 5.73. The van der Waals surface area contributed by atoms with E-state index in [0.717, 1.165) is 5.56 Å². The SMILES string of the molecule is CN(CCC(O)c1ccccc1)C(=O)NCc1ncn[nH]1. The van der Waals surface area contributed by atoms with Crippen LogP contribution >= 0.6 is 0 Å². The Bertz CT molecular complexity index is 544. The number of aliphatic hydroxyl groups excluding tert-OH is 1. The number of amides is 2. The Kier molecular flexibility index (Phi) is 5.28. The van der Waals surface area contributed by atoms with Gasteiger partial charge >= 0.3 is 6.03 Å². The van der Waals surface area contributed by atoms with Crippen LogP contribution in [0.15, 0.2) is 36.7 Å². The smallest absolute Gasteiger partial charge is 0.317 e. The highest BCUT2D eigenvalue weighted by Gasteiger charge is 2.12. The standard InChI is InChI=1S/C14H19N5O2/c1-19(14(21)15-9-13-16-10-17-18-13)8-7-12(20)11-5-3-2-4-6-11/h2-6,10,12,20H,7-9H2,1H3,(H,15,21)(H,16,17,18). The van der Waals surface area contributed by atoms with Gasteiger partial charge in [-0.1, -0.05) is 30.3 Å². The Balaban J connectivity index is 1.73. The summed E-state index contributed by atoms with van der Waals surface area (Å²) >= 11 is 0. The summed E-state index contributed by atoms with van der Waals surface area (Å²) in [5, 5.41) is 19.1. The van der Waals surface area contributed by atoms with Crippen LogP contribution in [0, 0.1) is 0 Å². The first-order valence-electron chi connectivity index (χ1n) is 6.73. The number of hydrogen-bond acceptors (Lipinski definition) is 4. The topological polar surface area (TPSA) is 94.1 Å². The summed E-state index contributed by atoms with van der Waals surface area (Å²) in [6, 6.07) is 9.19. The number of nitrogens with one attached hydrogen (secondary N) is 2.